The first-order valence-electron chi connectivity index (χ1n) is 7.40. The molecular weight excluding hydrogens is 346 g/mol. The molecule has 1 aliphatic carbocycles. The lowest BCUT2D eigenvalue weighted by Gasteiger charge is -2.26. The molecule has 0 aliphatic heterocycles. The van der Waals surface area contributed by atoms with Crippen LogP contribution in [0, 0.1) is 11.8 Å². The Bertz CT molecular complexity index is 583. The summed E-state index contributed by atoms with van der Waals surface area (Å²) in [6, 6.07) is 7.42. The Morgan fingerprint density at radius 3 is 2.45 bits per heavy atom. The largest absolute Gasteiger partial charge is 0.463 e. The van der Waals surface area contributed by atoms with Gasteiger partial charge in [-0.3, -0.25) is 9.59 Å². The predicted molar refractivity (Wildman–Crippen MR) is 89.4 cm³/mol. The number of hydrogen-bond acceptors (Lipinski definition) is 3. The van der Waals surface area contributed by atoms with Crippen molar-refractivity contribution in [1.29, 1.82) is 0 Å². The van der Waals surface area contributed by atoms with Crippen LogP contribution in [0.25, 0.3) is 0 Å². The lowest BCUT2D eigenvalue weighted by atomic mass is 9.82. The molecule has 2 atom stereocenters. The average molecular weight is 366 g/mol. The van der Waals surface area contributed by atoms with Crippen molar-refractivity contribution in [3.05, 3.63) is 40.9 Å². The molecule has 4 nitrogen and oxygen atoms in total. The number of hydrogen-bond donors (Lipinski definition) is 1. The Balaban J connectivity index is 2.10. The number of amides is 1. The van der Waals surface area contributed by atoms with Gasteiger partial charge < -0.3 is 10.1 Å². The van der Waals surface area contributed by atoms with Gasteiger partial charge in [-0.1, -0.05) is 24.3 Å². The summed E-state index contributed by atoms with van der Waals surface area (Å²) in [5, 5.41) is 2.89. The molecule has 0 saturated heterocycles. The average Bonchev–Trinajstić information content (AvgIpc) is 2.49. The van der Waals surface area contributed by atoms with E-state index in [1.54, 1.807) is 0 Å². The van der Waals surface area contributed by atoms with E-state index >= 15 is 0 Å². The van der Waals surface area contributed by atoms with Gasteiger partial charge in [0.1, 0.15) is 0 Å². The Labute approximate surface area is 139 Å². The van der Waals surface area contributed by atoms with Gasteiger partial charge in [-0.25, -0.2) is 0 Å². The number of allylic oxidation sites excluding steroid dienone is 2. The summed E-state index contributed by atoms with van der Waals surface area (Å²) in [6.45, 7) is 3.62. The quantitative estimate of drug-likeness (QED) is 0.649. The Kier molecular flexibility index (Phi) is 5.77. The van der Waals surface area contributed by atoms with Gasteiger partial charge >= 0.3 is 5.97 Å². The van der Waals surface area contributed by atoms with Gasteiger partial charge in [0.15, 0.2) is 0 Å². The highest BCUT2D eigenvalue weighted by atomic mass is 79.9. The van der Waals surface area contributed by atoms with Gasteiger partial charge in [-0.05, 0) is 54.8 Å². The van der Waals surface area contributed by atoms with Crippen LogP contribution in [0.15, 0.2) is 40.9 Å². The fraction of sp³-hybridized carbons (Fsp3) is 0.412. The predicted octanol–water partition coefficient (Wildman–Crippen LogP) is 3.92. The van der Waals surface area contributed by atoms with Crippen molar-refractivity contribution in [3.8, 4) is 0 Å². The molecule has 0 heterocycles. The third-order valence-corrected chi connectivity index (χ3v) is 4.25. The molecule has 22 heavy (non-hydrogen) atoms. The molecule has 0 bridgehead atoms. The number of para-hydroxylation sites is 1. The molecule has 1 N–H and O–H groups in total. The second-order valence-corrected chi connectivity index (χ2v) is 6.46. The van der Waals surface area contributed by atoms with E-state index in [4.69, 9.17) is 4.74 Å². The molecule has 1 aliphatic rings. The molecule has 1 aromatic rings. The van der Waals surface area contributed by atoms with Crippen LogP contribution in [-0.2, 0) is 14.3 Å². The van der Waals surface area contributed by atoms with Crippen molar-refractivity contribution in [2.45, 2.75) is 32.8 Å². The molecule has 0 spiro atoms. The molecule has 1 amide bonds. The number of benzene rings is 1. The molecule has 1 aromatic carbocycles. The zero-order valence-corrected chi connectivity index (χ0v) is 14.3. The maximum absolute atomic E-state index is 12.5. The SMILES string of the molecule is CC(C)OC(=O)[C@@H]1CC=CC[C@H]1C(=O)Nc1ccccc1Br. The first-order chi connectivity index (χ1) is 10.5. The topological polar surface area (TPSA) is 55.4 Å². The van der Waals surface area contributed by atoms with E-state index in [0.717, 1.165) is 4.47 Å². The highest BCUT2D eigenvalue weighted by Crippen LogP contribution is 2.30. The van der Waals surface area contributed by atoms with Gasteiger partial charge in [0.2, 0.25) is 5.91 Å². The molecule has 0 unspecified atom stereocenters. The van der Waals surface area contributed by atoms with E-state index in [1.807, 2.05) is 50.3 Å². The monoisotopic (exact) mass is 365 g/mol. The van der Waals surface area contributed by atoms with E-state index in [1.165, 1.54) is 0 Å². The molecule has 0 saturated carbocycles. The molecular formula is C17H20BrNO3. The highest BCUT2D eigenvalue weighted by Gasteiger charge is 2.35. The highest BCUT2D eigenvalue weighted by molar-refractivity contribution is 9.10. The summed E-state index contributed by atoms with van der Waals surface area (Å²) in [5.74, 6) is -1.27. The van der Waals surface area contributed by atoms with Crippen LogP contribution in [0.2, 0.25) is 0 Å². The Morgan fingerprint density at radius 1 is 1.18 bits per heavy atom. The van der Waals surface area contributed by atoms with Crippen molar-refractivity contribution < 1.29 is 14.3 Å². The van der Waals surface area contributed by atoms with Crippen LogP contribution in [0.3, 0.4) is 0 Å². The summed E-state index contributed by atoms with van der Waals surface area (Å²) in [6.07, 6.45) is 4.80. The van der Waals surface area contributed by atoms with Gasteiger partial charge in [-0.15, -0.1) is 0 Å². The van der Waals surface area contributed by atoms with Crippen LogP contribution >= 0.6 is 15.9 Å². The van der Waals surface area contributed by atoms with Crippen molar-refractivity contribution in [1.82, 2.24) is 0 Å². The summed E-state index contributed by atoms with van der Waals surface area (Å²) in [4.78, 5) is 24.7. The van der Waals surface area contributed by atoms with E-state index < -0.39 is 11.8 Å². The van der Waals surface area contributed by atoms with Gasteiger partial charge in [0.05, 0.1) is 23.6 Å². The number of halogens is 1. The van der Waals surface area contributed by atoms with Crippen LogP contribution in [0.1, 0.15) is 26.7 Å². The second-order valence-electron chi connectivity index (χ2n) is 5.61. The minimum Gasteiger partial charge on any atom is -0.463 e. The van der Waals surface area contributed by atoms with E-state index in [2.05, 4.69) is 21.2 Å². The molecule has 0 fully saturated rings. The van der Waals surface area contributed by atoms with Gasteiger partial charge in [0, 0.05) is 4.47 Å². The first kappa shape index (κ1) is 16.7. The van der Waals surface area contributed by atoms with Crippen LogP contribution in [-0.4, -0.2) is 18.0 Å². The molecule has 5 heteroatoms. The summed E-state index contributed by atoms with van der Waals surface area (Å²) in [5.41, 5.74) is 0.707. The van der Waals surface area contributed by atoms with Crippen molar-refractivity contribution in [2.75, 3.05) is 5.32 Å². The van der Waals surface area contributed by atoms with E-state index in [9.17, 15) is 9.59 Å². The first-order valence-corrected chi connectivity index (χ1v) is 8.19. The Hall–Kier alpha value is -1.62. The molecule has 0 aromatic heterocycles. The summed E-state index contributed by atoms with van der Waals surface area (Å²) in [7, 11) is 0. The molecule has 118 valence electrons. The number of ether oxygens (including phenoxy) is 1. The maximum atomic E-state index is 12.5. The van der Waals surface area contributed by atoms with Crippen molar-refractivity contribution >= 4 is 33.5 Å². The zero-order valence-electron chi connectivity index (χ0n) is 12.7. The molecule has 2 rings (SSSR count). The standard InChI is InChI=1S/C17H20BrNO3/c1-11(2)22-17(21)13-8-4-3-7-12(13)16(20)19-15-10-6-5-9-14(15)18/h3-6,9-13H,7-8H2,1-2H3,(H,19,20)/t12-,13-/m1/s1. The minimum atomic E-state index is -0.421. The van der Waals surface area contributed by atoms with Crippen LogP contribution in [0.5, 0.6) is 0 Å². The number of rotatable bonds is 4. The van der Waals surface area contributed by atoms with Gasteiger partial charge in [0.25, 0.3) is 0 Å². The zero-order chi connectivity index (χ0) is 16.1. The number of carbonyl (C=O) groups excluding carboxylic acids is 2. The van der Waals surface area contributed by atoms with Gasteiger partial charge in [-0.2, -0.15) is 0 Å². The molecule has 0 radical (unpaired) electrons. The third-order valence-electron chi connectivity index (χ3n) is 3.56. The Morgan fingerprint density at radius 2 is 1.82 bits per heavy atom. The fourth-order valence-electron chi connectivity index (χ4n) is 2.47. The van der Waals surface area contributed by atoms with Crippen molar-refractivity contribution in [2.24, 2.45) is 11.8 Å². The smallest absolute Gasteiger partial charge is 0.310 e. The van der Waals surface area contributed by atoms with E-state index in [-0.39, 0.29) is 18.0 Å². The normalized spacial score (nSPS) is 20.7. The number of carbonyl (C=O) groups is 2. The van der Waals surface area contributed by atoms with Crippen molar-refractivity contribution in [3.63, 3.8) is 0 Å². The maximum Gasteiger partial charge on any atom is 0.310 e. The summed E-state index contributed by atoms with van der Waals surface area (Å²) >= 11 is 3.41. The fourth-order valence-corrected chi connectivity index (χ4v) is 2.86. The second kappa shape index (κ2) is 7.58. The van der Waals surface area contributed by atoms with Crippen LogP contribution < -0.4 is 5.32 Å². The third kappa shape index (κ3) is 4.19. The minimum absolute atomic E-state index is 0.151. The number of esters is 1. The van der Waals surface area contributed by atoms with E-state index in [0.29, 0.717) is 18.5 Å². The number of nitrogens with one attached hydrogen (secondary N) is 1. The van der Waals surface area contributed by atoms with Crippen LogP contribution in [0.4, 0.5) is 5.69 Å². The summed E-state index contributed by atoms with van der Waals surface area (Å²) < 4.78 is 6.10. The lowest BCUT2D eigenvalue weighted by molar-refractivity contribution is -0.156. The lowest BCUT2D eigenvalue weighted by Crippen LogP contribution is -2.36. The number of anilines is 1.